The molecule has 0 saturated heterocycles. The maximum Gasteiger partial charge on any atom is 0.0631 e. The maximum atomic E-state index is 6.29. The summed E-state index contributed by atoms with van der Waals surface area (Å²) in [5.74, 6) is 0.227. The highest BCUT2D eigenvalue weighted by molar-refractivity contribution is 6.31. The fourth-order valence-corrected chi connectivity index (χ4v) is 3.53. The van der Waals surface area contributed by atoms with Crippen molar-refractivity contribution in [2.45, 2.75) is 44.1 Å². The fraction of sp³-hybridized carbons (Fsp3) is 0.471. The molecule has 0 radical (unpaired) electrons. The highest BCUT2D eigenvalue weighted by atomic mass is 35.5. The van der Waals surface area contributed by atoms with E-state index in [1.54, 1.807) is 0 Å². The highest BCUT2D eigenvalue weighted by Crippen LogP contribution is 2.30. The first-order valence-electron chi connectivity index (χ1n) is 7.76. The van der Waals surface area contributed by atoms with Gasteiger partial charge in [-0.2, -0.15) is 5.10 Å². The molecular weight excluding hydrogens is 282 g/mol. The number of nitrogens with two attached hydrogens (primary N) is 1. The molecular formula is C17H22ClN3. The molecule has 1 aromatic carbocycles. The molecule has 0 bridgehead atoms. The van der Waals surface area contributed by atoms with Crippen molar-refractivity contribution in [3.63, 3.8) is 0 Å². The van der Waals surface area contributed by atoms with Crippen LogP contribution < -0.4 is 5.73 Å². The minimum atomic E-state index is 0.227. The Morgan fingerprint density at radius 2 is 2.00 bits per heavy atom. The number of nitrogens with zero attached hydrogens (tertiary/aromatic N) is 2. The molecule has 1 heterocycles. The fourth-order valence-electron chi connectivity index (χ4n) is 3.24. The summed E-state index contributed by atoms with van der Waals surface area (Å²) < 4.78 is 2.14. The standard InChI is InChI=1S/C17H22ClN3/c18-17-8-4-3-7-16(17)13(12-19)11-14-9-10-21(20-14)15-5-1-2-6-15/h3-4,7-10,13,15H,1-2,5-6,11-12,19H2. The third-order valence-electron chi connectivity index (χ3n) is 4.45. The maximum absolute atomic E-state index is 6.29. The van der Waals surface area contributed by atoms with Gasteiger partial charge in [-0.15, -0.1) is 0 Å². The van der Waals surface area contributed by atoms with Crippen LogP contribution in [0.4, 0.5) is 0 Å². The average Bonchev–Trinajstić information content (AvgIpc) is 3.16. The summed E-state index contributed by atoms with van der Waals surface area (Å²) in [4.78, 5) is 0. The van der Waals surface area contributed by atoms with Crippen molar-refractivity contribution in [3.05, 3.63) is 52.8 Å². The van der Waals surface area contributed by atoms with Crippen LogP contribution in [0.25, 0.3) is 0 Å². The summed E-state index contributed by atoms with van der Waals surface area (Å²) in [5.41, 5.74) is 8.19. The van der Waals surface area contributed by atoms with Gasteiger partial charge in [-0.25, -0.2) is 0 Å². The summed E-state index contributed by atoms with van der Waals surface area (Å²) in [7, 11) is 0. The predicted molar refractivity (Wildman–Crippen MR) is 86.7 cm³/mol. The van der Waals surface area contributed by atoms with Gasteiger partial charge in [0, 0.05) is 17.1 Å². The Morgan fingerprint density at radius 1 is 1.24 bits per heavy atom. The van der Waals surface area contributed by atoms with Crippen molar-refractivity contribution >= 4 is 11.6 Å². The van der Waals surface area contributed by atoms with E-state index in [0.29, 0.717) is 12.6 Å². The van der Waals surface area contributed by atoms with Crippen LogP contribution >= 0.6 is 11.6 Å². The first-order chi connectivity index (χ1) is 10.3. The number of halogens is 1. The number of rotatable bonds is 5. The zero-order valence-corrected chi connectivity index (χ0v) is 13.0. The van der Waals surface area contributed by atoms with Crippen molar-refractivity contribution in [2.24, 2.45) is 5.73 Å². The van der Waals surface area contributed by atoms with Gasteiger partial charge in [-0.1, -0.05) is 42.6 Å². The van der Waals surface area contributed by atoms with Gasteiger partial charge in [0.2, 0.25) is 0 Å². The van der Waals surface area contributed by atoms with Crippen molar-refractivity contribution in [2.75, 3.05) is 6.54 Å². The van der Waals surface area contributed by atoms with Crippen LogP contribution in [-0.2, 0) is 6.42 Å². The molecule has 1 saturated carbocycles. The summed E-state index contributed by atoms with van der Waals surface area (Å²) in [5, 5.41) is 5.55. The second-order valence-electron chi connectivity index (χ2n) is 5.88. The van der Waals surface area contributed by atoms with Crippen LogP contribution in [0.5, 0.6) is 0 Å². The molecule has 4 heteroatoms. The normalized spacial score (nSPS) is 17.2. The Hall–Kier alpha value is -1.32. The molecule has 1 aromatic heterocycles. The van der Waals surface area contributed by atoms with Gasteiger partial charge < -0.3 is 5.73 Å². The average molecular weight is 304 g/mol. The molecule has 1 atom stereocenters. The van der Waals surface area contributed by atoms with Gasteiger partial charge in [-0.05, 0) is 43.5 Å². The Balaban J connectivity index is 1.74. The van der Waals surface area contributed by atoms with Gasteiger partial charge in [-0.3, -0.25) is 4.68 Å². The highest BCUT2D eigenvalue weighted by Gasteiger charge is 2.19. The van der Waals surface area contributed by atoms with Crippen LogP contribution in [0, 0.1) is 0 Å². The van der Waals surface area contributed by atoms with Gasteiger partial charge in [0.15, 0.2) is 0 Å². The van der Waals surface area contributed by atoms with Gasteiger partial charge in [0.25, 0.3) is 0 Å². The van der Waals surface area contributed by atoms with E-state index in [0.717, 1.165) is 22.7 Å². The van der Waals surface area contributed by atoms with Crippen LogP contribution in [0.1, 0.15) is 48.9 Å². The number of aromatic nitrogens is 2. The summed E-state index contributed by atoms with van der Waals surface area (Å²) in [6.45, 7) is 0.583. The predicted octanol–water partition coefficient (Wildman–Crippen LogP) is 3.94. The van der Waals surface area contributed by atoms with E-state index in [2.05, 4.69) is 23.0 Å². The third-order valence-corrected chi connectivity index (χ3v) is 4.79. The van der Waals surface area contributed by atoms with E-state index in [4.69, 9.17) is 22.4 Å². The quantitative estimate of drug-likeness (QED) is 0.909. The summed E-state index contributed by atoms with van der Waals surface area (Å²) >= 11 is 6.29. The van der Waals surface area contributed by atoms with Gasteiger partial charge >= 0.3 is 0 Å². The van der Waals surface area contributed by atoms with Crippen LogP contribution in [0.3, 0.4) is 0 Å². The molecule has 21 heavy (non-hydrogen) atoms. The second-order valence-corrected chi connectivity index (χ2v) is 6.29. The lowest BCUT2D eigenvalue weighted by Gasteiger charge is -2.15. The molecule has 3 nitrogen and oxygen atoms in total. The van der Waals surface area contributed by atoms with Crippen molar-refractivity contribution in [1.29, 1.82) is 0 Å². The third kappa shape index (κ3) is 3.30. The Bertz CT molecular complexity index is 587. The zero-order chi connectivity index (χ0) is 14.7. The molecule has 1 aliphatic carbocycles. The van der Waals surface area contributed by atoms with E-state index < -0.39 is 0 Å². The Kier molecular flexibility index (Phi) is 4.61. The SMILES string of the molecule is NCC(Cc1ccn(C2CCCC2)n1)c1ccccc1Cl. The molecule has 2 N–H and O–H groups in total. The molecule has 0 spiro atoms. The van der Waals surface area contributed by atoms with Crippen molar-refractivity contribution in [1.82, 2.24) is 9.78 Å². The monoisotopic (exact) mass is 303 g/mol. The second kappa shape index (κ2) is 6.63. The minimum absolute atomic E-state index is 0.227. The molecule has 2 aromatic rings. The molecule has 0 aliphatic heterocycles. The van der Waals surface area contributed by atoms with Crippen LogP contribution in [0.15, 0.2) is 36.5 Å². The summed E-state index contributed by atoms with van der Waals surface area (Å²) in [6, 6.07) is 10.7. The van der Waals surface area contributed by atoms with E-state index in [9.17, 15) is 0 Å². The topological polar surface area (TPSA) is 43.8 Å². The molecule has 1 aliphatic rings. The molecule has 3 rings (SSSR count). The van der Waals surface area contributed by atoms with Crippen molar-refractivity contribution in [3.8, 4) is 0 Å². The lowest BCUT2D eigenvalue weighted by Crippen LogP contribution is -2.16. The van der Waals surface area contributed by atoms with Crippen LogP contribution in [0.2, 0.25) is 5.02 Å². The van der Waals surface area contributed by atoms with E-state index >= 15 is 0 Å². The lowest BCUT2D eigenvalue weighted by atomic mass is 9.94. The van der Waals surface area contributed by atoms with Crippen molar-refractivity contribution < 1.29 is 0 Å². The molecule has 112 valence electrons. The number of benzene rings is 1. The first kappa shape index (κ1) is 14.6. The van der Waals surface area contributed by atoms with E-state index in [1.807, 2.05) is 18.2 Å². The summed E-state index contributed by atoms with van der Waals surface area (Å²) in [6.07, 6.45) is 8.12. The van der Waals surface area contributed by atoms with E-state index in [-0.39, 0.29) is 5.92 Å². The lowest BCUT2D eigenvalue weighted by molar-refractivity contribution is 0.461. The van der Waals surface area contributed by atoms with Gasteiger partial charge in [0.05, 0.1) is 11.7 Å². The zero-order valence-electron chi connectivity index (χ0n) is 12.2. The molecule has 1 unspecified atom stereocenters. The smallest absolute Gasteiger partial charge is 0.0631 e. The molecule has 0 amide bonds. The van der Waals surface area contributed by atoms with Gasteiger partial charge in [0.1, 0.15) is 0 Å². The number of hydrogen-bond donors (Lipinski definition) is 1. The Labute approximate surface area is 131 Å². The largest absolute Gasteiger partial charge is 0.330 e. The number of hydrogen-bond acceptors (Lipinski definition) is 2. The Morgan fingerprint density at radius 3 is 2.71 bits per heavy atom. The minimum Gasteiger partial charge on any atom is -0.330 e. The van der Waals surface area contributed by atoms with Crippen LogP contribution in [-0.4, -0.2) is 16.3 Å². The first-order valence-corrected chi connectivity index (χ1v) is 8.14. The molecule has 1 fully saturated rings. The van der Waals surface area contributed by atoms with E-state index in [1.165, 1.54) is 25.7 Å².